The van der Waals surface area contributed by atoms with Gasteiger partial charge in [0.25, 0.3) is 11.1 Å². The second-order valence-electron chi connectivity index (χ2n) is 4.09. The van der Waals surface area contributed by atoms with Crippen molar-refractivity contribution in [2.75, 3.05) is 5.73 Å². The smallest absolute Gasteiger partial charge is 0.267 e. The van der Waals surface area contributed by atoms with Gasteiger partial charge in [-0.2, -0.15) is 5.10 Å². The lowest BCUT2D eigenvalue weighted by Crippen LogP contribution is -2.27. The Morgan fingerprint density at radius 1 is 1.22 bits per heavy atom. The number of hydrogen-bond donors (Lipinski definition) is 1. The number of hydrogen-bond acceptors (Lipinski definition) is 4. The number of aryl methyl sites for hydroxylation is 3. The van der Waals surface area contributed by atoms with Crippen molar-refractivity contribution in [3.05, 3.63) is 56.9 Å². The summed E-state index contributed by atoms with van der Waals surface area (Å²) in [7, 11) is 0. The fourth-order valence-electron chi connectivity index (χ4n) is 1.62. The van der Waals surface area contributed by atoms with Gasteiger partial charge >= 0.3 is 0 Å². The van der Waals surface area contributed by atoms with Gasteiger partial charge in [0.2, 0.25) is 0 Å². The standard InChI is InChI=1S/C12H14N4O2/c1-9-6-12(18)16(14-7-9)5-4-15-8-10(13)2-3-11(15)17/h2-3,6-8H,4-5,13H2,1H3. The van der Waals surface area contributed by atoms with Crippen LogP contribution in [0.2, 0.25) is 0 Å². The molecule has 2 rings (SSSR count). The van der Waals surface area contributed by atoms with Crippen LogP contribution in [-0.4, -0.2) is 14.3 Å². The van der Waals surface area contributed by atoms with E-state index in [0.717, 1.165) is 5.56 Å². The van der Waals surface area contributed by atoms with E-state index in [2.05, 4.69) is 5.10 Å². The summed E-state index contributed by atoms with van der Waals surface area (Å²) in [6.07, 6.45) is 3.17. The fraction of sp³-hybridized carbons (Fsp3) is 0.250. The van der Waals surface area contributed by atoms with Crippen LogP contribution in [0, 0.1) is 6.92 Å². The molecule has 0 aliphatic rings. The largest absolute Gasteiger partial charge is 0.398 e. The number of nitrogens with two attached hydrogens (primary N) is 1. The summed E-state index contributed by atoms with van der Waals surface area (Å²) in [6, 6.07) is 4.46. The van der Waals surface area contributed by atoms with Gasteiger partial charge in [-0.3, -0.25) is 9.59 Å². The van der Waals surface area contributed by atoms with Crippen molar-refractivity contribution in [1.29, 1.82) is 0 Å². The molecule has 0 fully saturated rings. The van der Waals surface area contributed by atoms with Crippen LogP contribution in [0.15, 0.2) is 40.2 Å². The average Bonchev–Trinajstić information content (AvgIpc) is 2.32. The quantitative estimate of drug-likeness (QED) is 0.826. The van der Waals surface area contributed by atoms with Gasteiger partial charge in [-0.05, 0) is 18.6 Å². The summed E-state index contributed by atoms with van der Waals surface area (Å²) in [5, 5.41) is 4.00. The summed E-state index contributed by atoms with van der Waals surface area (Å²) in [6.45, 7) is 2.50. The zero-order chi connectivity index (χ0) is 13.1. The third-order valence-electron chi connectivity index (χ3n) is 2.57. The maximum atomic E-state index is 11.6. The van der Waals surface area contributed by atoms with Crippen molar-refractivity contribution < 1.29 is 0 Å². The first-order chi connectivity index (χ1) is 8.56. The van der Waals surface area contributed by atoms with E-state index >= 15 is 0 Å². The first-order valence-corrected chi connectivity index (χ1v) is 5.56. The Bertz CT molecular complexity index is 672. The molecule has 0 saturated heterocycles. The van der Waals surface area contributed by atoms with E-state index in [1.165, 1.54) is 21.4 Å². The summed E-state index contributed by atoms with van der Waals surface area (Å²) in [5.41, 5.74) is 6.61. The summed E-state index contributed by atoms with van der Waals surface area (Å²) in [4.78, 5) is 23.1. The molecule has 0 radical (unpaired) electrons. The molecule has 0 spiro atoms. The lowest BCUT2D eigenvalue weighted by atomic mass is 10.3. The van der Waals surface area contributed by atoms with Crippen molar-refractivity contribution >= 4 is 5.69 Å². The molecule has 18 heavy (non-hydrogen) atoms. The molecule has 0 atom stereocenters. The molecule has 6 heteroatoms. The second kappa shape index (κ2) is 4.87. The van der Waals surface area contributed by atoms with E-state index in [1.54, 1.807) is 25.4 Å². The van der Waals surface area contributed by atoms with Crippen LogP contribution >= 0.6 is 0 Å². The van der Waals surface area contributed by atoms with Crippen LogP contribution in [0.3, 0.4) is 0 Å². The van der Waals surface area contributed by atoms with Crippen LogP contribution in [0.5, 0.6) is 0 Å². The van der Waals surface area contributed by atoms with Crippen LogP contribution in [0.25, 0.3) is 0 Å². The molecule has 2 aromatic rings. The molecule has 2 N–H and O–H groups in total. The predicted octanol–water partition coefficient (Wildman–Crippen LogP) is -0.00418. The van der Waals surface area contributed by atoms with E-state index in [9.17, 15) is 9.59 Å². The molecule has 0 unspecified atom stereocenters. The molecule has 0 bridgehead atoms. The van der Waals surface area contributed by atoms with Crippen molar-refractivity contribution in [2.45, 2.75) is 20.0 Å². The number of pyridine rings is 1. The Morgan fingerprint density at radius 3 is 2.72 bits per heavy atom. The highest BCUT2D eigenvalue weighted by atomic mass is 16.1. The minimum absolute atomic E-state index is 0.149. The zero-order valence-electron chi connectivity index (χ0n) is 10.0. The molecule has 94 valence electrons. The van der Waals surface area contributed by atoms with E-state index in [1.807, 2.05) is 0 Å². The predicted molar refractivity (Wildman–Crippen MR) is 68.3 cm³/mol. The number of nitrogens with zero attached hydrogens (tertiary/aromatic N) is 3. The molecule has 0 aliphatic carbocycles. The van der Waals surface area contributed by atoms with Crippen molar-refractivity contribution in [3.8, 4) is 0 Å². The maximum absolute atomic E-state index is 11.6. The Morgan fingerprint density at radius 2 is 2.00 bits per heavy atom. The molecule has 2 heterocycles. The third kappa shape index (κ3) is 2.65. The van der Waals surface area contributed by atoms with E-state index < -0.39 is 0 Å². The van der Waals surface area contributed by atoms with Gasteiger partial charge in [-0.25, -0.2) is 4.68 Å². The molecular weight excluding hydrogens is 232 g/mol. The Labute approximate surface area is 103 Å². The molecule has 0 aromatic carbocycles. The SMILES string of the molecule is Cc1cnn(CCn2cc(N)ccc2=O)c(=O)c1. The van der Waals surface area contributed by atoms with Crippen LogP contribution in [0.1, 0.15) is 5.56 Å². The number of anilines is 1. The molecule has 2 aromatic heterocycles. The van der Waals surface area contributed by atoms with Crippen molar-refractivity contribution in [3.63, 3.8) is 0 Å². The number of nitrogen functional groups attached to an aromatic ring is 1. The summed E-state index contributed by atoms with van der Waals surface area (Å²) >= 11 is 0. The van der Waals surface area contributed by atoms with Crippen molar-refractivity contribution in [1.82, 2.24) is 14.3 Å². The molecule has 0 aliphatic heterocycles. The molecular formula is C12H14N4O2. The van der Waals surface area contributed by atoms with Crippen molar-refractivity contribution in [2.24, 2.45) is 0 Å². The van der Waals surface area contributed by atoms with E-state index in [0.29, 0.717) is 18.8 Å². The molecule has 0 saturated carbocycles. The van der Waals surface area contributed by atoms with Gasteiger partial charge in [0.15, 0.2) is 0 Å². The first-order valence-electron chi connectivity index (χ1n) is 5.56. The highest BCUT2D eigenvalue weighted by Crippen LogP contribution is 1.96. The van der Waals surface area contributed by atoms with Gasteiger partial charge in [0.1, 0.15) is 0 Å². The lowest BCUT2D eigenvalue weighted by Gasteiger charge is -2.07. The van der Waals surface area contributed by atoms with Crippen LogP contribution in [-0.2, 0) is 13.1 Å². The lowest BCUT2D eigenvalue weighted by molar-refractivity contribution is 0.502. The monoisotopic (exact) mass is 246 g/mol. The zero-order valence-corrected chi connectivity index (χ0v) is 10.0. The van der Waals surface area contributed by atoms with E-state index in [4.69, 9.17) is 5.73 Å². The minimum atomic E-state index is -0.174. The van der Waals surface area contributed by atoms with E-state index in [-0.39, 0.29) is 11.1 Å². The van der Waals surface area contributed by atoms with Crippen LogP contribution in [0.4, 0.5) is 5.69 Å². The van der Waals surface area contributed by atoms with Gasteiger partial charge in [0, 0.05) is 30.6 Å². The molecule has 0 amide bonds. The van der Waals surface area contributed by atoms with Gasteiger partial charge in [0.05, 0.1) is 12.7 Å². The van der Waals surface area contributed by atoms with Gasteiger partial charge in [-0.1, -0.05) is 0 Å². The average molecular weight is 246 g/mol. The highest BCUT2D eigenvalue weighted by Gasteiger charge is 2.00. The first kappa shape index (κ1) is 12.1. The Kier molecular flexibility index (Phi) is 3.27. The summed E-state index contributed by atoms with van der Waals surface area (Å²) in [5.74, 6) is 0. The number of rotatable bonds is 3. The highest BCUT2D eigenvalue weighted by molar-refractivity contribution is 5.33. The number of aromatic nitrogens is 3. The second-order valence-corrected chi connectivity index (χ2v) is 4.09. The fourth-order valence-corrected chi connectivity index (χ4v) is 1.62. The van der Waals surface area contributed by atoms with Gasteiger partial charge < -0.3 is 10.3 Å². The summed E-state index contributed by atoms with van der Waals surface area (Å²) < 4.78 is 2.78. The maximum Gasteiger partial charge on any atom is 0.267 e. The Balaban J connectivity index is 2.19. The normalized spacial score (nSPS) is 10.5. The topological polar surface area (TPSA) is 82.9 Å². The third-order valence-corrected chi connectivity index (χ3v) is 2.57. The van der Waals surface area contributed by atoms with Gasteiger partial charge in [-0.15, -0.1) is 0 Å². The Hall–Kier alpha value is -2.37. The minimum Gasteiger partial charge on any atom is -0.398 e. The van der Waals surface area contributed by atoms with Crippen LogP contribution < -0.4 is 16.9 Å². The molecule has 6 nitrogen and oxygen atoms in total.